The van der Waals surface area contributed by atoms with Crippen LogP contribution in [0.25, 0.3) is 11.2 Å². The smallest absolute Gasteiger partial charge is 0.192 e. The molecule has 2 saturated heterocycles. The summed E-state index contributed by atoms with van der Waals surface area (Å²) in [6, 6.07) is 0. The fourth-order valence-corrected chi connectivity index (χ4v) is 6.00. The Morgan fingerprint density at radius 1 is 1.22 bits per heavy atom. The number of imidazole rings is 1. The molecule has 3 aliphatic rings. The lowest BCUT2D eigenvalue weighted by Crippen LogP contribution is -2.46. The molecule has 0 amide bonds. The maximum absolute atomic E-state index is 6.75. The molecule has 2 aliphatic heterocycles. The summed E-state index contributed by atoms with van der Waals surface area (Å²) < 4.78 is 28.5. The third-order valence-corrected chi connectivity index (χ3v) is 12.4. The van der Waals surface area contributed by atoms with Gasteiger partial charge in [-0.05, 0) is 37.9 Å². The molecule has 1 aliphatic carbocycles. The first-order chi connectivity index (χ1) is 15.0. The Labute approximate surface area is 190 Å². The van der Waals surface area contributed by atoms with Crippen molar-refractivity contribution in [2.75, 3.05) is 12.3 Å². The molecule has 2 aromatic rings. The van der Waals surface area contributed by atoms with Crippen molar-refractivity contribution >= 4 is 25.3 Å². The summed E-state index contributed by atoms with van der Waals surface area (Å²) in [6.07, 6.45) is 6.23. The van der Waals surface area contributed by atoms with Crippen LogP contribution in [0.3, 0.4) is 0 Å². The van der Waals surface area contributed by atoms with Gasteiger partial charge in [0.2, 0.25) is 0 Å². The summed E-state index contributed by atoms with van der Waals surface area (Å²) >= 11 is 0. The Balaban J connectivity index is 1.49. The predicted molar refractivity (Wildman–Crippen MR) is 122 cm³/mol. The molecule has 2 aromatic heterocycles. The van der Waals surface area contributed by atoms with Crippen LogP contribution in [0.5, 0.6) is 0 Å². The molecule has 0 aromatic carbocycles. The van der Waals surface area contributed by atoms with Gasteiger partial charge in [0.25, 0.3) is 0 Å². The first kappa shape index (κ1) is 22.2. The lowest BCUT2D eigenvalue weighted by molar-refractivity contribution is -0.231. The van der Waals surface area contributed by atoms with Crippen molar-refractivity contribution in [1.82, 2.24) is 19.5 Å². The van der Waals surface area contributed by atoms with E-state index in [4.69, 9.17) is 24.4 Å². The van der Waals surface area contributed by atoms with E-state index in [9.17, 15) is 0 Å². The van der Waals surface area contributed by atoms with Crippen molar-refractivity contribution in [2.24, 2.45) is 0 Å². The number of nitrogens with zero attached hydrogens (tertiary/aromatic N) is 4. The Hall–Kier alpha value is -1.59. The van der Waals surface area contributed by atoms with Crippen LogP contribution in [0.4, 0.5) is 5.82 Å². The highest BCUT2D eigenvalue weighted by atomic mass is 28.4. The second-order valence-corrected chi connectivity index (χ2v) is 15.9. The van der Waals surface area contributed by atoms with Crippen LogP contribution in [0.15, 0.2) is 12.7 Å². The highest BCUT2D eigenvalue weighted by Gasteiger charge is 2.67. The van der Waals surface area contributed by atoms with E-state index in [0.717, 1.165) is 25.7 Å². The summed E-state index contributed by atoms with van der Waals surface area (Å²) in [5.41, 5.74) is 6.52. The quantitative estimate of drug-likeness (QED) is 0.686. The zero-order valence-electron chi connectivity index (χ0n) is 19.9. The molecule has 176 valence electrons. The van der Waals surface area contributed by atoms with Gasteiger partial charge < -0.3 is 24.4 Å². The lowest BCUT2D eigenvalue weighted by Gasteiger charge is -2.37. The molecule has 1 spiro atoms. The fourth-order valence-electron chi connectivity index (χ4n) is 4.99. The van der Waals surface area contributed by atoms with Crippen molar-refractivity contribution in [2.45, 2.75) is 101 Å². The number of aromatic nitrogens is 4. The van der Waals surface area contributed by atoms with E-state index in [1.165, 1.54) is 6.33 Å². The molecular formula is C22H35N5O4Si. The summed E-state index contributed by atoms with van der Waals surface area (Å²) in [6.45, 7) is 13.8. The van der Waals surface area contributed by atoms with E-state index in [0.29, 0.717) is 23.6 Å². The summed E-state index contributed by atoms with van der Waals surface area (Å²) in [5.74, 6) is -0.191. The van der Waals surface area contributed by atoms with Gasteiger partial charge >= 0.3 is 0 Å². The third-order valence-electron chi connectivity index (χ3n) is 7.86. The molecule has 10 heteroatoms. The molecule has 0 bridgehead atoms. The van der Waals surface area contributed by atoms with Gasteiger partial charge in [-0.3, -0.25) is 4.57 Å². The SMILES string of the molecule is CC(C)(C)[Si](C)(C)OC[C@H]1O[C@@H](n2cnc3c(N)ncnc32)[C@]2(C)OC3(CCCC3)O[C@H]12. The fraction of sp³-hybridized carbons (Fsp3) is 0.773. The van der Waals surface area contributed by atoms with Crippen LogP contribution in [0.2, 0.25) is 18.1 Å². The van der Waals surface area contributed by atoms with Gasteiger partial charge in [-0.25, -0.2) is 15.0 Å². The van der Waals surface area contributed by atoms with E-state index >= 15 is 0 Å². The van der Waals surface area contributed by atoms with Crippen molar-refractivity contribution in [1.29, 1.82) is 0 Å². The van der Waals surface area contributed by atoms with Crippen LogP contribution >= 0.6 is 0 Å². The van der Waals surface area contributed by atoms with E-state index < -0.39 is 25.9 Å². The number of hydrogen-bond acceptors (Lipinski definition) is 8. The molecule has 0 unspecified atom stereocenters. The zero-order chi connectivity index (χ0) is 22.9. The number of hydrogen-bond donors (Lipinski definition) is 1. The number of nitrogens with two attached hydrogens (primary N) is 1. The summed E-state index contributed by atoms with van der Waals surface area (Å²) in [4.78, 5) is 12.9. The summed E-state index contributed by atoms with van der Waals surface area (Å²) in [7, 11) is -1.95. The van der Waals surface area contributed by atoms with E-state index in [2.05, 4.69) is 55.7 Å². The van der Waals surface area contributed by atoms with Crippen LogP contribution in [0.1, 0.15) is 59.6 Å². The second-order valence-electron chi connectivity index (χ2n) is 11.1. The number of rotatable bonds is 4. The third kappa shape index (κ3) is 3.30. The standard InChI is InChI=1S/C22H35N5O4Si/c1-20(2,3)32(5,6)28-11-14-16-21(4,31-22(30-16)9-7-8-10-22)19(29-14)27-13-26-15-17(23)24-12-25-18(15)27/h12-14,16,19H,7-11H2,1-6H3,(H2,23,24,25)/t14-,16-,19-,21-/m1/s1. The average Bonchev–Trinajstić information content (AvgIpc) is 3.44. The summed E-state index contributed by atoms with van der Waals surface area (Å²) in [5, 5.41) is 0.114. The van der Waals surface area contributed by atoms with E-state index in [1.54, 1.807) is 6.33 Å². The van der Waals surface area contributed by atoms with Gasteiger partial charge in [0, 0.05) is 12.8 Å². The van der Waals surface area contributed by atoms with Gasteiger partial charge in [-0.2, -0.15) is 0 Å². The minimum atomic E-state index is -1.95. The maximum Gasteiger partial charge on any atom is 0.192 e. The minimum absolute atomic E-state index is 0.114. The second kappa shape index (κ2) is 7.20. The van der Waals surface area contributed by atoms with Crippen LogP contribution in [-0.2, 0) is 18.6 Å². The Bertz CT molecular complexity index is 1020. The average molecular weight is 462 g/mol. The van der Waals surface area contributed by atoms with E-state index in [1.807, 2.05) is 4.57 Å². The molecule has 4 atom stereocenters. The molecule has 3 fully saturated rings. The van der Waals surface area contributed by atoms with Crippen LogP contribution < -0.4 is 5.73 Å². The van der Waals surface area contributed by atoms with Crippen molar-refractivity contribution in [3.63, 3.8) is 0 Å². The number of nitrogen functional groups attached to an aromatic ring is 1. The van der Waals surface area contributed by atoms with Crippen molar-refractivity contribution in [3.05, 3.63) is 12.7 Å². The zero-order valence-corrected chi connectivity index (χ0v) is 20.9. The van der Waals surface area contributed by atoms with Gasteiger partial charge in [-0.1, -0.05) is 20.8 Å². The van der Waals surface area contributed by atoms with Crippen molar-refractivity contribution < 1.29 is 18.6 Å². The Kier molecular flexibility index (Phi) is 5.00. The molecular weight excluding hydrogens is 426 g/mol. The minimum Gasteiger partial charge on any atom is -0.414 e. The first-order valence-corrected chi connectivity index (χ1v) is 14.5. The molecule has 9 nitrogen and oxygen atoms in total. The highest BCUT2D eigenvalue weighted by Crippen LogP contribution is 2.56. The van der Waals surface area contributed by atoms with Gasteiger partial charge in [-0.15, -0.1) is 0 Å². The van der Waals surface area contributed by atoms with Crippen LogP contribution in [0, 0.1) is 0 Å². The number of fused-ring (bicyclic) bond motifs is 2. The highest BCUT2D eigenvalue weighted by molar-refractivity contribution is 6.74. The molecule has 4 heterocycles. The lowest BCUT2D eigenvalue weighted by atomic mass is 9.96. The largest absolute Gasteiger partial charge is 0.414 e. The monoisotopic (exact) mass is 461 g/mol. The Morgan fingerprint density at radius 2 is 1.94 bits per heavy atom. The molecule has 1 saturated carbocycles. The molecule has 2 N–H and O–H groups in total. The van der Waals surface area contributed by atoms with E-state index in [-0.39, 0.29) is 17.2 Å². The molecule has 32 heavy (non-hydrogen) atoms. The van der Waals surface area contributed by atoms with Crippen molar-refractivity contribution in [3.8, 4) is 0 Å². The van der Waals surface area contributed by atoms with Crippen LogP contribution in [-0.4, -0.2) is 58.0 Å². The number of anilines is 1. The first-order valence-electron chi connectivity index (χ1n) is 11.6. The molecule has 5 rings (SSSR count). The molecule has 0 radical (unpaired) electrons. The normalized spacial score (nSPS) is 32.2. The Morgan fingerprint density at radius 3 is 2.62 bits per heavy atom. The van der Waals surface area contributed by atoms with Gasteiger partial charge in [0.1, 0.15) is 29.7 Å². The maximum atomic E-state index is 6.75. The topological polar surface area (TPSA) is 107 Å². The number of ether oxygens (including phenoxy) is 3. The van der Waals surface area contributed by atoms with Gasteiger partial charge in [0.15, 0.2) is 31.8 Å². The van der Waals surface area contributed by atoms with Gasteiger partial charge in [0.05, 0.1) is 12.9 Å². The predicted octanol–water partition coefficient (Wildman–Crippen LogP) is 3.77.